The van der Waals surface area contributed by atoms with Gasteiger partial charge in [-0.3, -0.25) is 14.5 Å². The van der Waals surface area contributed by atoms with Crippen molar-refractivity contribution in [3.05, 3.63) is 69.7 Å². The van der Waals surface area contributed by atoms with Gasteiger partial charge in [0.25, 0.3) is 5.24 Å². The number of imide groups is 1. The summed E-state index contributed by atoms with van der Waals surface area (Å²) in [7, 11) is 3.20. The summed E-state index contributed by atoms with van der Waals surface area (Å²) < 4.78 is 10.9. The lowest BCUT2D eigenvalue weighted by molar-refractivity contribution is -0.127. The Bertz CT molecular complexity index is 1180. The fourth-order valence-corrected chi connectivity index (χ4v) is 4.97. The van der Waals surface area contributed by atoms with Crippen molar-refractivity contribution in [3.8, 4) is 11.5 Å². The van der Waals surface area contributed by atoms with Crippen molar-refractivity contribution >= 4 is 56.9 Å². The predicted octanol–water partition coefficient (Wildman–Crippen LogP) is 5.97. The van der Waals surface area contributed by atoms with E-state index in [2.05, 4.69) is 0 Å². The van der Waals surface area contributed by atoms with Gasteiger partial charge in [0, 0.05) is 5.56 Å². The van der Waals surface area contributed by atoms with Crippen molar-refractivity contribution < 1.29 is 19.1 Å². The van der Waals surface area contributed by atoms with Crippen molar-refractivity contribution in [2.75, 3.05) is 14.2 Å². The Labute approximate surface area is 194 Å². The fraction of sp³-hybridized carbons (Fsp3) is 0.217. The predicted molar refractivity (Wildman–Crippen MR) is 125 cm³/mol. The lowest BCUT2D eigenvalue weighted by atomic mass is 9.98. The first-order valence-electron chi connectivity index (χ1n) is 9.51. The van der Waals surface area contributed by atoms with E-state index in [4.69, 9.17) is 32.7 Å². The van der Waals surface area contributed by atoms with Gasteiger partial charge in [-0.15, -0.1) is 0 Å². The molecular weight excluding hydrogens is 457 g/mol. The number of benzene rings is 3. The number of hydrogen-bond acceptors (Lipinski definition) is 5. The molecule has 3 aromatic rings. The van der Waals surface area contributed by atoms with E-state index in [1.807, 2.05) is 30.3 Å². The molecule has 0 radical (unpaired) electrons. The van der Waals surface area contributed by atoms with Crippen LogP contribution in [0.25, 0.3) is 10.8 Å². The van der Waals surface area contributed by atoms with Gasteiger partial charge >= 0.3 is 0 Å². The van der Waals surface area contributed by atoms with E-state index in [9.17, 15) is 9.59 Å². The maximum Gasteiger partial charge on any atom is 0.289 e. The first kappa shape index (κ1) is 21.8. The van der Waals surface area contributed by atoms with Crippen LogP contribution >= 0.6 is 35.0 Å². The smallest absolute Gasteiger partial charge is 0.289 e. The molecule has 0 bridgehead atoms. The van der Waals surface area contributed by atoms with Gasteiger partial charge in [0.1, 0.15) is 11.5 Å². The Hall–Kier alpha value is -2.41. The maximum absolute atomic E-state index is 13.1. The molecule has 1 fully saturated rings. The Balaban J connectivity index is 1.62. The number of amides is 2. The standard InChI is InChI=1S/C23H19Cl2NO4S/c1-29-15-6-4-14-5-8-20(30-2)17(16(14)10-15)11-21-22(27)26(23(28)31-21)12-13-3-7-18(24)19(25)9-13/h3-10,21H,11-12H2,1-2H3/t21-/m0/s1. The first-order valence-corrected chi connectivity index (χ1v) is 11.1. The van der Waals surface area contributed by atoms with E-state index in [-0.39, 0.29) is 17.7 Å². The molecule has 1 aliphatic rings. The van der Waals surface area contributed by atoms with E-state index in [1.54, 1.807) is 32.4 Å². The zero-order chi connectivity index (χ0) is 22.1. The van der Waals surface area contributed by atoms with Crippen LogP contribution in [0.3, 0.4) is 0 Å². The molecule has 4 rings (SSSR count). The molecule has 2 amide bonds. The summed E-state index contributed by atoms with van der Waals surface area (Å²) >= 11 is 13.1. The van der Waals surface area contributed by atoms with Gasteiger partial charge in [0.15, 0.2) is 0 Å². The summed E-state index contributed by atoms with van der Waals surface area (Å²) in [5, 5.41) is 1.93. The summed E-state index contributed by atoms with van der Waals surface area (Å²) in [4.78, 5) is 27.0. The van der Waals surface area contributed by atoms with Gasteiger partial charge < -0.3 is 9.47 Å². The van der Waals surface area contributed by atoms with Gasteiger partial charge in [-0.2, -0.15) is 0 Å². The van der Waals surface area contributed by atoms with Crippen LogP contribution in [0.5, 0.6) is 11.5 Å². The van der Waals surface area contributed by atoms with Crippen LogP contribution in [0.15, 0.2) is 48.5 Å². The molecule has 0 aromatic heterocycles. The molecule has 0 unspecified atom stereocenters. The number of halogens is 2. The van der Waals surface area contributed by atoms with Crippen molar-refractivity contribution in [2.45, 2.75) is 18.2 Å². The monoisotopic (exact) mass is 475 g/mol. The molecule has 0 aliphatic carbocycles. The van der Waals surface area contributed by atoms with Crippen LogP contribution in [0.1, 0.15) is 11.1 Å². The Morgan fingerprint density at radius 2 is 1.74 bits per heavy atom. The van der Waals surface area contributed by atoms with Crippen LogP contribution in [-0.2, 0) is 17.8 Å². The number of carbonyl (C=O) groups excluding carboxylic acids is 2. The highest BCUT2D eigenvalue weighted by Crippen LogP contribution is 2.37. The van der Waals surface area contributed by atoms with Gasteiger partial charge in [-0.25, -0.2) is 0 Å². The number of fused-ring (bicyclic) bond motifs is 1. The minimum Gasteiger partial charge on any atom is -0.497 e. The maximum atomic E-state index is 13.1. The van der Waals surface area contributed by atoms with Crippen molar-refractivity contribution in [1.82, 2.24) is 4.90 Å². The van der Waals surface area contributed by atoms with Crippen LogP contribution < -0.4 is 9.47 Å². The fourth-order valence-electron chi connectivity index (χ4n) is 3.65. The number of ether oxygens (including phenoxy) is 2. The Morgan fingerprint density at radius 1 is 0.968 bits per heavy atom. The quantitative estimate of drug-likeness (QED) is 0.439. The second kappa shape index (κ2) is 8.99. The summed E-state index contributed by atoms with van der Waals surface area (Å²) in [6.07, 6.45) is 0.362. The van der Waals surface area contributed by atoms with E-state index in [0.29, 0.717) is 28.0 Å². The minimum atomic E-state index is -0.541. The molecule has 0 N–H and O–H groups in total. The molecule has 8 heteroatoms. The summed E-state index contributed by atoms with van der Waals surface area (Å²) in [5.41, 5.74) is 1.61. The number of carbonyl (C=O) groups is 2. The summed E-state index contributed by atoms with van der Waals surface area (Å²) in [5.74, 6) is 1.15. The number of nitrogens with zero attached hydrogens (tertiary/aromatic N) is 1. The van der Waals surface area contributed by atoms with Crippen LogP contribution in [0.4, 0.5) is 4.79 Å². The number of thioether (sulfide) groups is 1. The van der Waals surface area contributed by atoms with E-state index < -0.39 is 5.25 Å². The van der Waals surface area contributed by atoms with Gasteiger partial charge in [-0.1, -0.05) is 53.2 Å². The van der Waals surface area contributed by atoms with Gasteiger partial charge in [0.2, 0.25) is 5.91 Å². The highest BCUT2D eigenvalue weighted by molar-refractivity contribution is 8.15. The highest BCUT2D eigenvalue weighted by atomic mass is 35.5. The third-order valence-electron chi connectivity index (χ3n) is 5.24. The minimum absolute atomic E-state index is 0.151. The van der Waals surface area contributed by atoms with E-state index >= 15 is 0 Å². The molecule has 0 saturated carbocycles. The zero-order valence-corrected chi connectivity index (χ0v) is 19.2. The second-order valence-corrected chi connectivity index (χ2v) is 9.05. The number of methoxy groups -OCH3 is 2. The SMILES string of the molecule is COc1ccc2ccc(OC)c(C[C@@H]3SC(=O)N(Cc4ccc(Cl)c(Cl)c4)C3=O)c2c1. The Kier molecular flexibility index (Phi) is 6.32. The lowest BCUT2D eigenvalue weighted by Gasteiger charge is -2.16. The number of rotatable bonds is 6. The summed E-state index contributed by atoms with van der Waals surface area (Å²) in [6, 6.07) is 14.7. The topological polar surface area (TPSA) is 55.8 Å². The van der Waals surface area contributed by atoms with Gasteiger partial charge in [0.05, 0.1) is 36.1 Å². The third-order valence-corrected chi connectivity index (χ3v) is 7.05. The molecule has 1 heterocycles. The van der Waals surface area contributed by atoms with Crippen LogP contribution in [0.2, 0.25) is 10.0 Å². The normalized spacial score (nSPS) is 16.3. The highest BCUT2D eigenvalue weighted by Gasteiger charge is 2.40. The molecule has 160 valence electrons. The van der Waals surface area contributed by atoms with Crippen molar-refractivity contribution in [1.29, 1.82) is 0 Å². The summed E-state index contributed by atoms with van der Waals surface area (Å²) in [6.45, 7) is 0.151. The van der Waals surface area contributed by atoms with E-state index in [1.165, 1.54) is 4.90 Å². The largest absolute Gasteiger partial charge is 0.497 e. The molecule has 1 saturated heterocycles. The molecule has 0 spiro atoms. The van der Waals surface area contributed by atoms with Crippen LogP contribution in [0, 0.1) is 0 Å². The van der Waals surface area contributed by atoms with Gasteiger partial charge in [-0.05, 0) is 53.1 Å². The molecular formula is C23H19Cl2NO4S. The zero-order valence-electron chi connectivity index (χ0n) is 16.9. The molecule has 1 aliphatic heterocycles. The Morgan fingerprint density at radius 3 is 2.45 bits per heavy atom. The van der Waals surface area contributed by atoms with Crippen LogP contribution in [-0.4, -0.2) is 35.5 Å². The molecule has 31 heavy (non-hydrogen) atoms. The van der Waals surface area contributed by atoms with Crippen molar-refractivity contribution in [2.24, 2.45) is 0 Å². The molecule has 1 atom stereocenters. The number of hydrogen-bond donors (Lipinski definition) is 0. The average Bonchev–Trinajstić information content (AvgIpc) is 3.03. The second-order valence-electron chi connectivity index (χ2n) is 7.08. The lowest BCUT2D eigenvalue weighted by Crippen LogP contribution is -2.31. The average molecular weight is 476 g/mol. The molecule has 5 nitrogen and oxygen atoms in total. The van der Waals surface area contributed by atoms with Crippen molar-refractivity contribution in [3.63, 3.8) is 0 Å². The van der Waals surface area contributed by atoms with E-state index in [0.717, 1.165) is 33.7 Å². The molecule has 3 aromatic carbocycles. The third kappa shape index (κ3) is 4.33. The first-order chi connectivity index (χ1) is 14.9.